The standard InChI is InChI=1S/C16H16ClNO2/c1-18(13-6-4-3-5-7-13)16(19)10-12-8-9-14(20-2)11-15(12)17/h3-9,11H,10H2,1-2H3. The van der Waals surface area contributed by atoms with Crippen molar-refractivity contribution in [1.29, 1.82) is 0 Å². The first-order valence-corrected chi connectivity index (χ1v) is 6.63. The summed E-state index contributed by atoms with van der Waals surface area (Å²) < 4.78 is 5.09. The molecule has 0 aliphatic heterocycles. The summed E-state index contributed by atoms with van der Waals surface area (Å²) >= 11 is 6.15. The minimum absolute atomic E-state index is 0.0109. The maximum Gasteiger partial charge on any atom is 0.231 e. The molecule has 0 atom stereocenters. The Bertz CT molecular complexity index is 599. The quantitative estimate of drug-likeness (QED) is 0.861. The molecule has 0 aliphatic carbocycles. The number of anilines is 1. The monoisotopic (exact) mass is 289 g/mol. The Kier molecular flexibility index (Phi) is 4.64. The molecule has 0 aromatic heterocycles. The Labute approximate surface area is 123 Å². The summed E-state index contributed by atoms with van der Waals surface area (Å²) in [5, 5.41) is 0.541. The molecular formula is C16H16ClNO2. The van der Waals surface area contributed by atoms with Gasteiger partial charge in [-0.05, 0) is 29.8 Å². The number of amides is 1. The molecule has 0 radical (unpaired) electrons. The maximum atomic E-state index is 12.3. The van der Waals surface area contributed by atoms with Crippen molar-refractivity contribution in [1.82, 2.24) is 0 Å². The largest absolute Gasteiger partial charge is 0.497 e. The van der Waals surface area contributed by atoms with Gasteiger partial charge in [0.1, 0.15) is 5.75 Å². The minimum atomic E-state index is -0.0109. The second kappa shape index (κ2) is 6.44. The Morgan fingerprint density at radius 1 is 1.20 bits per heavy atom. The number of hydrogen-bond acceptors (Lipinski definition) is 2. The van der Waals surface area contributed by atoms with Crippen LogP contribution in [0.25, 0.3) is 0 Å². The van der Waals surface area contributed by atoms with Crippen LogP contribution in [0.5, 0.6) is 5.75 Å². The molecule has 104 valence electrons. The topological polar surface area (TPSA) is 29.5 Å². The highest BCUT2D eigenvalue weighted by Crippen LogP contribution is 2.23. The van der Waals surface area contributed by atoms with Crippen molar-refractivity contribution in [2.75, 3.05) is 19.1 Å². The van der Waals surface area contributed by atoms with Gasteiger partial charge in [0, 0.05) is 17.8 Å². The molecule has 2 aromatic carbocycles. The highest BCUT2D eigenvalue weighted by Gasteiger charge is 2.13. The predicted molar refractivity (Wildman–Crippen MR) is 81.6 cm³/mol. The van der Waals surface area contributed by atoms with Crippen LogP contribution in [0.15, 0.2) is 48.5 Å². The average molecular weight is 290 g/mol. The van der Waals surface area contributed by atoms with Crippen LogP contribution in [-0.4, -0.2) is 20.1 Å². The van der Waals surface area contributed by atoms with Crippen LogP contribution in [0.1, 0.15) is 5.56 Å². The smallest absolute Gasteiger partial charge is 0.231 e. The van der Waals surface area contributed by atoms with Crippen LogP contribution < -0.4 is 9.64 Å². The van der Waals surface area contributed by atoms with Gasteiger partial charge in [-0.2, -0.15) is 0 Å². The number of hydrogen-bond donors (Lipinski definition) is 0. The van der Waals surface area contributed by atoms with Gasteiger partial charge < -0.3 is 9.64 Å². The first-order chi connectivity index (χ1) is 9.61. The number of para-hydroxylation sites is 1. The molecule has 0 fully saturated rings. The molecule has 0 aliphatic rings. The van der Waals surface area contributed by atoms with Crippen molar-refractivity contribution in [2.45, 2.75) is 6.42 Å². The molecule has 1 amide bonds. The highest BCUT2D eigenvalue weighted by molar-refractivity contribution is 6.31. The summed E-state index contributed by atoms with van der Waals surface area (Å²) in [5.41, 5.74) is 1.65. The fraction of sp³-hybridized carbons (Fsp3) is 0.188. The van der Waals surface area contributed by atoms with E-state index in [0.717, 1.165) is 11.3 Å². The van der Waals surface area contributed by atoms with Crippen molar-refractivity contribution in [3.05, 3.63) is 59.1 Å². The lowest BCUT2D eigenvalue weighted by Crippen LogP contribution is -2.27. The summed E-state index contributed by atoms with van der Waals surface area (Å²) in [5.74, 6) is 0.672. The number of nitrogens with zero attached hydrogens (tertiary/aromatic N) is 1. The van der Waals surface area contributed by atoms with E-state index < -0.39 is 0 Å². The second-order valence-electron chi connectivity index (χ2n) is 4.42. The summed E-state index contributed by atoms with van der Waals surface area (Å²) in [6, 6.07) is 14.9. The van der Waals surface area contributed by atoms with E-state index in [9.17, 15) is 4.79 Å². The van der Waals surface area contributed by atoms with Crippen LogP contribution in [0.2, 0.25) is 5.02 Å². The molecule has 0 saturated carbocycles. The number of likely N-dealkylation sites (N-methyl/N-ethyl adjacent to an activating group) is 1. The number of benzene rings is 2. The van der Waals surface area contributed by atoms with Crippen LogP contribution in [0.3, 0.4) is 0 Å². The van der Waals surface area contributed by atoms with Gasteiger partial charge in [-0.15, -0.1) is 0 Å². The van der Waals surface area contributed by atoms with E-state index in [0.29, 0.717) is 10.8 Å². The Balaban J connectivity index is 2.12. The number of halogens is 1. The Morgan fingerprint density at radius 2 is 1.90 bits per heavy atom. The summed E-state index contributed by atoms with van der Waals surface area (Å²) in [6.07, 6.45) is 0.258. The summed E-state index contributed by atoms with van der Waals surface area (Å²) in [7, 11) is 3.34. The van der Waals surface area contributed by atoms with Crippen molar-refractivity contribution in [3.8, 4) is 5.75 Å². The van der Waals surface area contributed by atoms with E-state index in [1.54, 1.807) is 31.2 Å². The first kappa shape index (κ1) is 14.4. The minimum Gasteiger partial charge on any atom is -0.497 e. The first-order valence-electron chi connectivity index (χ1n) is 6.26. The van der Waals surface area contributed by atoms with Gasteiger partial charge in [0.2, 0.25) is 5.91 Å². The molecule has 0 heterocycles. The number of methoxy groups -OCH3 is 1. The maximum absolute atomic E-state index is 12.3. The van der Waals surface area contributed by atoms with Crippen LogP contribution in [0, 0.1) is 0 Å². The van der Waals surface area contributed by atoms with Gasteiger partial charge in [-0.1, -0.05) is 35.9 Å². The van der Waals surface area contributed by atoms with Gasteiger partial charge in [-0.3, -0.25) is 4.79 Å². The molecule has 4 heteroatoms. The van der Waals surface area contributed by atoms with Crippen LogP contribution in [0.4, 0.5) is 5.69 Å². The molecule has 0 spiro atoms. The van der Waals surface area contributed by atoms with Crippen LogP contribution in [-0.2, 0) is 11.2 Å². The number of carbonyl (C=O) groups is 1. The van der Waals surface area contributed by atoms with Gasteiger partial charge in [0.05, 0.1) is 13.5 Å². The Morgan fingerprint density at radius 3 is 2.50 bits per heavy atom. The molecule has 2 rings (SSSR count). The number of rotatable bonds is 4. The second-order valence-corrected chi connectivity index (χ2v) is 4.83. The van der Waals surface area contributed by atoms with Crippen LogP contribution >= 0.6 is 11.6 Å². The molecule has 0 saturated heterocycles. The van der Waals surface area contributed by atoms with E-state index in [1.165, 1.54) is 0 Å². The van der Waals surface area contributed by atoms with Gasteiger partial charge in [-0.25, -0.2) is 0 Å². The third kappa shape index (κ3) is 3.31. The van der Waals surface area contributed by atoms with E-state index in [2.05, 4.69) is 0 Å². The average Bonchev–Trinajstić information content (AvgIpc) is 2.49. The zero-order chi connectivity index (χ0) is 14.5. The van der Waals surface area contributed by atoms with Gasteiger partial charge in [0.25, 0.3) is 0 Å². The van der Waals surface area contributed by atoms with Crippen molar-refractivity contribution >= 4 is 23.2 Å². The number of carbonyl (C=O) groups excluding carboxylic acids is 1. The molecule has 2 aromatic rings. The summed E-state index contributed by atoms with van der Waals surface area (Å²) in [6.45, 7) is 0. The number of ether oxygens (including phenoxy) is 1. The fourth-order valence-corrected chi connectivity index (χ4v) is 2.11. The van der Waals surface area contributed by atoms with Crippen molar-refractivity contribution < 1.29 is 9.53 Å². The van der Waals surface area contributed by atoms with E-state index in [4.69, 9.17) is 16.3 Å². The van der Waals surface area contributed by atoms with Crippen molar-refractivity contribution in [2.24, 2.45) is 0 Å². The zero-order valence-corrected chi connectivity index (χ0v) is 12.2. The molecule has 20 heavy (non-hydrogen) atoms. The normalized spacial score (nSPS) is 10.2. The fourth-order valence-electron chi connectivity index (χ4n) is 1.88. The molecular weight excluding hydrogens is 274 g/mol. The third-order valence-corrected chi connectivity index (χ3v) is 3.47. The van der Waals surface area contributed by atoms with E-state index in [1.807, 2.05) is 36.4 Å². The molecule has 3 nitrogen and oxygen atoms in total. The molecule has 0 bridgehead atoms. The van der Waals surface area contributed by atoms with E-state index >= 15 is 0 Å². The molecule has 0 unspecified atom stereocenters. The van der Waals surface area contributed by atoms with Crippen molar-refractivity contribution in [3.63, 3.8) is 0 Å². The SMILES string of the molecule is COc1ccc(CC(=O)N(C)c2ccccc2)c(Cl)c1. The third-order valence-electron chi connectivity index (χ3n) is 3.12. The van der Waals surface area contributed by atoms with Gasteiger partial charge in [0.15, 0.2) is 0 Å². The zero-order valence-electron chi connectivity index (χ0n) is 11.5. The lowest BCUT2D eigenvalue weighted by molar-refractivity contribution is -0.117. The lowest BCUT2D eigenvalue weighted by Gasteiger charge is -2.17. The predicted octanol–water partition coefficient (Wildman–Crippen LogP) is 3.55. The Hall–Kier alpha value is -2.00. The highest BCUT2D eigenvalue weighted by atomic mass is 35.5. The van der Waals surface area contributed by atoms with E-state index in [-0.39, 0.29) is 12.3 Å². The lowest BCUT2D eigenvalue weighted by atomic mass is 10.1. The van der Waals surface area contributed by atoms with Gasteiger partial charge >= 0.3 is 0 Å². The summed E-state index contributed by atoms with van der Waals surface area (Å²) in [4.78, 5) is 13.9. The molecule has 0 N–H and O–H groups in total.